The summed E-state index contributed by atoms with van der Waals surface area (Å²) < 4.78 is 0. The summed E-state index contributed by atoms with van der Waals surface area (Å²) in [6.45, 7) is -0.391. The maximum atomic E-state index is 10.9. The van der Waals surface area contributed by atoms with Crippen LogP contribution in [0.3, 0.4) is 0 Å². The first-order valence-corrected chi connectivity index (χ1v) is 3.99. The van der Waals surface area contributed by atoms with Crippen molar-refractivity contribution in [2.75, 3.05) is 6.54 Å². The molecule has 0 saturated heterocycles. The molecule has 0 aliphatic carbocycles. The number of hydrogen-bond donors (Lipinski definition) is 4. The second kappa shape index (κ2) is 6.35. The van der Waals surface area contributed by atoms with Gasteiger partial charge >= 0.3 is 12.0 Å². The Bertz CT molecular complexity index is 260. The van der Waals surface area contributed by atoms with Gasteiger partial charge in [0.1, 0.15) is 0 Å². The van der Waals surface area contributed by atoms with Crippen molar-refractivity contribution in [1.29, 1.82) is 0 Å². The number of aliphatic carboxylic acids is 1. The Morgan fingerprint density at radius 2 is 1.73 bits per heavy atom. The van der Waals surface area contributed by atoms with Crippen molar-refractivity contribution in [2.45, 2.75) is 12.8 Å². The number of carbonyl (C=O) groups is 4. The van der Waals surface area contributed by atoms with Gasteiger partial charge in [0.25, 0.3) is 0 Å². The van der Waals surface area contributed by atoms with E-state index in [0.29, 0.717) is 0 Å². The summed E-state index contributed by atoms with van der Waals surface area (Å²) in [6, 6.07) is -0.885. The molecular weight excluding hydrogens is 206 g/mol. The third kappa shape index (κ3) is 8.22. The van der Waals surface area contributed by atoms with E-state index in [9.17, 15) is 19.2 Å². The maximum absolute atomic E-state index is 10.9. The molecule has 0 rings (SSSR count). The van der Waals surface area contributed by atoms with Crippen LogP contribution in [0, 0.1) is 0 Å². The van der Waals surface area contributed by atoms with Gasteiger partial charge in [-0.2, -0.15) is 0 Å². The van der Waals surface area contributed by atoms with E-state index in [1.807, 2.05) is 10.6 Å². The molecule has 0 aromatic carbocycles. The molecular formula is C7H11N3O5. The molecule has 0 atom stereocenters. The number of amides is 4. The normalized spacial score (nSPS) is 9.07. The first-order valence-electron chi connectivity index (χ1n) is 3.99. The topological polar surface area (TPSA) is 139 Å². The van der Waals surface area contributed by atoms with E-state index in [4.69, 9.17) is 10.8 Å². The lowest BCUT2D eigenvalue weighted by atomic mass is 10.3. The highest BCUT2D eigenvalue weighted by atomic mass is 16.4. The van der Waals surface area contributed by atoms with Crippen LogP contribution in [0.2, 0.25) is 0 Å². The first kappa shape index (κ1) is 12.9. The lowest BCUT2D eigenvalue weighted by Crippen LogP contribution is -2.43. The van der Waals surface area contributed by atoms with Gasteiger partial charge in [0.05, 0.1) is 13.0 Å². The SMILES string of the molecule is NC(=O)CNC(=O)NC(=O)CCC(=O)O. The molecule has 15 heavy (non-hydrogen) atoms. The number of carboxylic acids is 1. The van der Waals surface area contributed by atoms with Gasteiger partial charge < -0.3 is 16.2 Å². The molecule has 0 aromatic rings. The largest absolute Gasteiger partial charge is 0.481 e. The Balaban J connectivity index is 3.71. The molecule has 8 nitrogen and oxygen atoms in total. The van der Waals surface area contributed by atoms with Gasteiger partial charge in [-0.3, -0.25) is 19.7 Å². The van der Waals surface area contributed by atoms with Gasteiger partial charge in [0.2, 0.25) is 11.8 Å². The van der Waals surface area contributed by atoms with E-state index >= 15 is 0 Å². The van der Waals surface area contributed by atoms with Crippen molar-refractivity contribution in [3.05, 3.63) is 0 Å². The van der Waals surface area contributed by atoms with E-state index in [1.54, 1.807) is 0 Å². The van der Waals surface area contributed by atoms with Crippen molar-refractivity contribution in [1.82, 2.24) is 10.6 Å². The van der Waals surface area contributed by atoms with Gasteiger partial charge in [-0.05, 0) is 0 Å². The summed E-state index contributed by atoms with van der Waals surface area (Å²) in [7, 11) is 0. The van der Waals surface area contributed by atoms with Gasteiger partial charge in [-0.15, -0.1) is 0 Å². The average Bonchev–Trinajstić information content (AvgIpc) is 2.11. The second-order valence-electron chi connectivity index (χ2n) is 2.59. The van der Waals surface area contributed by atoms with Gasteiger partial charge in [-0.1, -0.05) is 0 Å². The van der Waals surface area contributed by atoms with Crippen LogP contribution in [0.15, 0.2) is 0 Å². The van der Waals surface area contributed by atoms with Crippen LogP contribution in [0.4, 0.5) is 4.79 Å². The Morgan fingerprint density at radius 1 is 1.13 bits per heavy atom. The van der Waals surface area contributed by atoms with Crippen LogP contribution in [0.25, 0.3) is 0 Å². The zero-order valence-electron chi connectivity index (χ0n) is 7.78. The minimum absolute atomic E-state index is 0.306. The molecule has 5 N–H and O–H groups in total. The second-order valence-corrected chi connectivity index (χ2v) is 2.59. The third-order valence-corrected chi connectivity index (χ3v) is 1.24. The molecule has 0 unspecified atom stereocenters. The molecule has 84 valence electrons. The predicted molar refractivity (Wildman–Crippen MR) is 47.6 cm³/mol. The number of urea groups is 1. The summed E-state index contributed by atoms with van der Waals surface area (Å²) in [6.07, 6.45) is -0.672. The summed E-state index contributed by atoms with van der Waals surface area (Å²) in [4.78, 5) is 41.9. The van der Waals surface area contributed by atoms with E-state index in [1.165, 1.54) is 0 Å². The molecule has 0 bridgehead atoms. The standard InChI is InChI=1S/C7H11N3O5/c8-4(11)3-9-7(15)10-5(12)1-2-6(13)14/h1-3H2,(H2,8,11)(H,13,14)(H2,9,10,12,15). The smallest absolute Gasteiger partial charge is 0.321 e. The summed E-state index contributed by atoms with van der Waals surface area (Å²) in [5.41, 5.74) is 4.73. The number of imide groups is 1. The van der Waals surface area contributed by atoms with Crippen molar-refractivity contribution < 1.29 is 24.3 Å². The molecule has 0 saturated carbocycles. The lowest BCUT2D eigenvalue weighted by molar-refractivity contribution is -0.138. The number of nitrogens with one attached hydrogen (secondary N) is 2. The van der Waals surface area contributed by atoms with Crippen molar-refractivity contribution in [3.63, 3.8) is 0 Å². The predicted octanol–water partition coefficient (Wildman–Crippen LogP) is -1.84. The van der Waals surface area contributed by atoms with Crippen LogP contribution in [-0.2, 0) is 14.4 Å². The molecule has 4 amide bonds. The van der Waals surface area contributed by atoms with Gasteiger partial charge in [0, 0.05) is 6.42 Å². The first-order chi connectivity index (χ1) is 6.91. The summed E-state index contributed by atoms with van der Waals surface area (Å²) in [5, 5.41) is 12.1. The molecule has 0 fully saturated rings. The van der Waals surface area contributed by atoms with Crippen LogP contribution < -0.4 is 16.4 Å². The molecule has 0 aliphatic rings. The molecule has 0 aliphatic heterocycles. The molecule has 0 spiro atoms. The lowest BCUT2D eigenvalue weighted by Gasteiger charge is -2.03. The number of rotatable bonds is 5. The Labute approximate surface area is 84.8 Å². The summed E-state index contributed by atoms with van der Waals surface area (Å²) in [5.74, 6) is -2.62. The summed E-state index contributed by atoms with van der Waals surface area (Å²) >= 11 is 0. The van der Waals surface area contributed by atoms with Crippen molar-refractivity contribution >= 4 is 23.8 Å². The average molecular weight is 217 g/mol. The van der Waals surface area contributed by atoms with Crippen LogP contribution >= 0.6 is 0 Å². The fourth-order valence-electron chi connectivity index (χ4n) is 0.621. The zero-order valence-corrected chi connectivity index (χ0v) is 7.78. The minimum Gasteiger partial charge on any atom is -0.481 e. The van der Waals surface area contributed by atoms with E-state index in [0.717, 1.165) is 0 Å². The maximum Gasteiger partial charge on any atom is 0.321 e. The number of carboxylic acid groups (broad SMARTS) is 1. The number of carbonyl (C=O) groups excluding carboxylic acids is 3. The fourth-order valence-corrected chi connectivity index (χ4v) is 0.621. The van der Waals surface area contributed by atoms with E-state index in [-0.39, 0.29) is 12.8 Å². The monoisotopic (exact) mass is 217 g/mol. The van der Waals surface area contributed by atoms with Crippen LogP contribution in [0.1, 0.15) is 12.8 Å². The highest BCUT2D eigenvalue weighted by Gasteiger charge is 2.09. The Kier molecular flexibility index (Phi) is 5.45. The highest BCUT2D eigenvalue weighted by Crippen LogP contribution is 1.87. The van der Waals surface area contributed by atoms with E-state index < -0.39 is 30.4 Å². The Hall–Kier alpha value is -2.12. The molecule has 0 aromatic heterocycles. The fraction of sp³-hybridized carbons (Fsp3) is 0.429. The van der Waals surface area contributed by atoms with Crippen LogP contribution in [0.5, 0.6) is 0 Å². The third-order valence-electron chi connectivity index (χ3n) is 1.24. The van der Waals surface area contributed by atoms with Gasteiger partial charge in [0.15, 0.2) is 0 Å². The quantitative estimate of drug-likeness (QED) is 0.428. The van der Waals surface area contributed by atoms with E-state index in [2.05, 4.69) is 0 Å². The zero-order chi connectivity index (χ0) is 11.8. The molecule has 0 radical (unpaired) electrons. The number of nitrogens with two attached hydrogens (primary N) is 1. The minimum atomic E-state index is -1.14. The number of hydrogen-bond acceptors (Lipinski definition) is 4. The van der Waals surface area contributed by atoms with Crippen LogP contribution in [-0.4, -0.2) is 35.5 Å². The highest BCUT2D eigenvalue weighted by molar-refractivity contribution is 5.96. The Morgan fingerprint density at radius 3 is 2.20 bits per heavy atom. The van der Waals surface area contributed by atoms with Crippen molar-refractivity contribution in [2.24, 2.45) is 5.73 Å². The number of primary amides is 1. The van der Waals surface area contributed by atoms with Crippen molar-refractivity contribution in [3.8, 4) is 0 Å². The molecule has 0 heterocycles. The molecule has 8 heteroatoms. The van der Waals surface area contributed by atoms with Gasteiger partial charge in [-0.25, -0.2) is 4.79 Å².